The fraction of sp³-hybridized carbons (Fsp3) is 0.708. The second kappa shape index (κ2) is 5.90. The normalized spacial score (nSPS) is 49.3. The predicted octanol–water partition coefficient (Wildman–Crippen LogP) is 3.42. The standard InChI is InChI=1S/C24H30O5/c1-13-9-19-16-5-6-17(20(27)12-28-14(2)25)22(16,3)11-21-24(19,29-21)23(4)8-7-15(26)10-18(13)23/h7-8,10,13,16-17,19,21H,5-6,9,11-12H2,1-4H3/t13-,16?,17+,19?,21?,22-,23-,24?/m0/s1. The molecule has 4 fully saturated rings. The van der Waals surface area contributed by atoms with E-state index in [1.165, 1.54) is 12.5 Å². The third-order valence-corrected chi connectivity index (χ3v) is 9.06. The van der Waals surface area contributed by atoms with Crippen LogP contribution in [0, 0.1) is 34.5 Å². The fourth-order valence-electron chi connectivity index (χ4n) is 7.84. The summed E-state index contributed by atoms with van der Waals surface area (Å²) in [5.41, 5.74) is 0.626. The number of hydrogen-bond acceptors (Lipinski definition) is 5. The molecule has 29 heavy (non-hydrogen) atoms. The lowest BCUT2D eigenvalue weighted by Gasteiger charge is -2.56. The lowest BCUT2D eigenvalue weighted by Crippen LogP contribution is -2.58. The summed E-state index contributed by atoms with van der Waals surface area (Å²) >= 11 is 0. The van der Waals surface area contributed by atoms with Crippen LogP contribution in [0.25, 0.3) is 0 Å². The van der Waals surface area contributed by atoms with Gasteiger partial charge in [-0.2, -0.15) is 0 Å². The van der Waals surface area contributed by atoms with Crippen LogP contribution in [0.4, 0.5) is 0 Å². The molecule has 0 bridgehead atoms. The van der Waals surface area contributed by atoms with Gasteiger partial charge in [-0.25, -0.2) is 0 Å². The Balaban J connectivity index is 1.48. The summed E-state index contributed by atoms with van der Waals surface area (Å²) in [5, 5.41) is 0. The van der Waals surface area contributed by atoms with Crippen LogP contribution >= 0.6 is 0 Å². The first-order valence-electron chi connectivity index (χ1n) is 10.9. The molecular formula is C24H30O5. The molecule has 5 rings (SSSR count). The fourth-order valence-corrected chi connectivity index (χ4v) is 7.84. The Morgan fingerprint density at radius 2 is 2.00 bits per heavy atom. The van der Waals surface area contributed by atoms with E-state index < -0.39 is 5.97 Å². The van der Waals surface area contributed by atoms with E-state index in [0.717, 1.165) is 25.7 Å². The summed E-state index contributed by atoms with van der Waals surface area (Å²) in [6.07, 6.45) is 9.50. The number of esters is 1. The Morgan fingerprint density at radius 1 is 1.24 bits per heavy atom. The average molecular weight is 398 g/mol. The van der Waals surface area contributed by atoms with Crippen molar-refractivity contribution in [3.63, 3.8) is 0 Å². The quantitative estimate of drug-likeness (QED) is 0.538. The first-order chi connectivity index (χ1) is 13.6. The number of ether oxygens (including phenoxy) is 2. The lowest BCUT2D eigenvalue weighted by molar-refractivity contribution is -0.148. The molecule has 8 atom stereocenters. The molecule has 156 valence electrons. The van der Waals surface area contributed by atoms with Gasteiger partial charge in [0.1, 0.15) is 12.2 Å². The highest BCUT2D eigenvalue weighted by Gasteiger charge is 2.79. The van der Waals surface area contributed by atoms with E-state index in [-0.39, 0.29) is 46.6 Å². The molecule has 1 saturated heterocycles. The van der Waals surface area contributed by atoms with Gasteiger partial charge in [0.05, 0.1) is 6.10 Å². The first kappa shape index (κ1) is 19.2. The van der Waals surface area contributed by atoms with E-state index in [0.29, 0.717) is 17.8 Å². The zero-order chi connectivity index (χ0) is 20.8. The van der Waals surface area contributed by atoms with Crippen molar-refractivity contribution in [2.24, 2.45) is 34.5 Å². The van der Waals surface area contributed by atoms with Crippen LogP contribution in [0.3, 0.4) is 0 Å². The molecule has 4 unspecified atom stereocenters. The Kier molecular flexibility index (Phi) is 3.91. The smallest absolute Gasteiger partial charge is 0.303 e. The van der Waals surface area contributed by atoms with Crippen LogP contribution in [0.5, 0.6) is 0 Å². The van der Waals surface area contributed by atoms with E-state index in [9.17, 15) is 14.4 Å². The third kappa shape index (κ3) is 2.34. The molecule has 0 aromatic carbocycles. The Hall–Kier alpha value is -1.75. The van der Waals surface area contributed by atoms with E-state index in [2.05, 4.69) is 26.8 Å². The lowest BCUT2D eigenvalue weighted by atomic mass is 9.45. The molecule has 1 heterocycles. The molecule has 3 saturated carbocycles. The van der Waals surface area contributed by atoms with Crippen LogP contribution in [0.1, 0.15) is 53.4 Å². The summed E-state index contributed by atoms with van der Waals surface area (Å²) in [7, 11) is 0. The van der Waals surface area contributed by atoms with Gasteiger partial charge in [0.25, 0.3) is 0 Å². The number of hydrogen-bond donors (Lipinski definition) is 0. The SMILES string of the molecule is CC(=O)OCC(=O)[C@H]1CCC2C3C[C@H](C)C4=CC(=O)C=C[C@]4(C)C34OC4C[C@@]21C. The highest BCUT2D eigenvalue weighted by atomic mass is 16.6. The summed E-state index contributed by atoms with van der Waals surface area (Å²) in [6.45, 7) is 7.95. The number of ketones is 2. The number of epoxide rings is 1. The van der Waals surface area contributed by atoms with Crippen LogP contribution in [-0.4, -0.2) is 35.8 Å². The number of Topliss-reactive ketones (excluding diaryl/α,β-unsaturated/α-hetero) is 1. The second-order valence-corrected chi connectivity index (χ2v) is 10.4. The number of carbonyl (C=O) groups excluding carboxylic acids is 3. The van der Waals surface area contributed by atoms with E-state index in [1.807, 2.05) is 6.08 Å². The largest absolute Gasteiger partial charge is 0.458 e. The molecule has 0 aromatic rings. The molecule has 5 aliphatic rings. The Bertz CT molecular complexity index is 870. The van der Waals surface area contributed by atoms with Crippen molar-refractivity contribution in [2.75, 3.05) is 6.61 Å². The van der Waals surface area contributed by atoms with Gasteiger partial charge in [0.15, 0.2) is 11.6 Å². The first-order valence-corrected chi connectivity index (χ1v) is 10.9. The molecular weight excluding hydrogens is 368 g/mol. The number of carbonyl (C=O) groups is 3. The van der Waals surface area contributed by atoms with Gasteiger partial charge >= 0.3 is 5.97 Å². The summed E-state index contributed by atoms with van der Waals surface area (Å²) in [4.78, 5) is 36.1. The molecule has 1 spiro atoms. The maximum Gasteiger partial charge on any atom is 0.303 e. The zero-order valence-corrected chi connectivity index (χ0v) is 17.7. The summed E-state index contributed by atoms with van der Waals surface area (Å²) in [5.74, 6) is 0.779. The van der Waals surface area contributed by atoms with Gasteiger partial charge in [-0.3, -0.25) is 14.4 Å². The number of rotatable bonds is 3. The summed E-state index contributed by atoms with van der Waals surface area (Å²) in [6, 6.07) is 0. The summed E-state index contributed by atoms with van der Waals surface area (Å²) < 4.78 is 11.6. The minimum Gasteiger partial charge on any atom is -0.458 e. The van der Waals surface area contributed by atoms with Crippen molar-refractivity contribution in [1.29, 1.82) is 0 Å². The Morgan fingerprint density at radius 3 is 2.72 bits per heavy atom. The van der Waals surface area contributed by atoms with Crippen molar-refractivity contribution >= 4 is 17.5 Å². The highest BCUT2D eigenvalue weighted by molar-refractivity contribution is 6.01. The maximum atomic E-state index is 12.9. The molecule has 0 amide bonds. The molecule has 5 heteroatoms. The van der Waals surface area contributed by atoms with Crippen LogP contribution in [-0.2, 0) is 23.9 Å². The van der Waals surface area contributed by atoms with Crippen molar-refractivity contribution in [3.05, 3.63) is 23.8 Å². The van der Waals surface area contributed by atoms with Crippen molar-refractivity contribution < 1.29 is 23.9 Å². The minimum absolute atomic E-state index is 0.0529. The van der Waals surface area contributed by atoms with Crippen LogP contribution in [0.2, 0.25) is 0 Å². The van der Waals surface area contributed by atoms with Crippen molar-refractivity contribution in [2.45, 2.75) is 65.1 Å². The monoisotopic (exact) mass is 398 g/mol. The molecule has 1 aliphatic heterocycles. The van der Waals surface area contributed by atoms with Gasteiger partial charge in [-0.1, -0.05) is 25.5 Å². The van der Waals surface area contributed by atoms with Gasteiger partial charge in [-0.05, 0) is 67.9 Å². The number of fused-ring (bicyclic) bond motifs is 3. The third-order valence-electron chi connectivity index (χ3n) is 9.06. The van der Waals surface area contributed by atoms with E-state index in [1.54, 1.807) is 6.08 Å². The van der Waals surface area contributed by atoms with Crippen molar-refractivity contribution in [3.8, 4) is 0 Å². The van der Waals surface area contributed by atoms with E-state index in [4.69, 9.17) is 9.47 Å². The van der Waals surface area contributed by atoms with Gasteiger partial charge in [0, 0.05) is 18.3 Å². The number of allylic oxidation sites excluding steroid dienone is 2. The van der Waals surface area contributed by atoms with Gasteiger partial charge < -0.3 is 9.47 Å². The average Bonchev–Trinajstić information content (AvgIpc) is 3.27. The molecule has 5 nitrogen and oxygen atoms in total. The second-order valence-electron chi connectivity index (χ2n) is 10.4. The van der Waals surface area contributed by atoms with E-state index >= 15 is 0 Å². The Labute approximate surface area is 171 Å². The molecule has 0 radical (unpaired) electrons. The maximum absolute atomic E-state index is 12.9. The highest BCUT2D eigenvalue weighted by Crippen LogP contribution is 2.75. The molecule has 4 aliphatic carbocycles. The van der Waals surface area contributed by atoms with Gasteiger partial charge in [-0.15, -0.1) is 0 Å². The van der Waals surface area contributed by atoms with Gasteiger partial charge in [0.2, 0.25) is 0 Å². The zero-order valence-electron chi connectivity index (χ0n) is 17.7. The van der Waals surface area contributed by atoms with Crippen LogP contribution < -0.4 is 0 Å². The van der Waals surface area contributed by atoms with Crippen molar-refractivity contribution in [1.82, 2.24) is 0 Å². The van der Waals surface area contributed by atoms with Crippen LogP contribution in [0.15, 0.2) is 23.8 Å². The predicted molar refractivity (Wildman–Crippen MR) is 106 cm³/mol. The topological polar surface area (TPSA) is 73.0 Å². The minimum atomic E-state index is -0.404. The molecule has 0 N–H and O–H groups in total. The molecule has 0 aromatic heterocycles.